The molecule has 0 aliphatic rings. The van der Waals surface area contributed by atoms with Gasteiger partial charge in [-0.15, -0.1) is 13.2 Å². The molecule has 0 bridgehead atoms. The zero-order valence-electron chi connectivity index (χ0n) is 14.6. The lowest BCUT2D eigenvalue weighted by Crippen LogP contribution is -2.18. The molecular weight excluding hydrogens is 383 g/mol. The Morgan fingerprint density at radius 3 is 2.43 bits per heavy atom. The molecular formula is C17H16F3N3O5. The Labute approximate surface area is 157 Å². The number of alkyl halides is 3. The number of ether oxygens (including phenoxy) is 2. The van der Waals surface area contributed by atoms with E-state index in [0.29, 0.717) is 18.8 Å². The molecule has 0 radical (unpaired) electrons. The molecule has 0 atom stereocenters. The highest BCUT2D eigenvalue weighted by Crippen LogP contribution is 2.26. The molecule has 2 rings (SSSR count). The third-order valence-electron chi connectivity index (χ3n) is 3.43. The number of nitrogens with one attached hydrogen (secondary N) is 2. The minimum Gasteiger partial charge on any atom is -0.406 e. The van der Waals surface area contributed by atoms with E-state index in [-0.39, 0.29) is 16.9 Å². The van der Waals surface area contributed by atoms with Gasteiger partial charge in [0.1, 0.15) is 5.75 Å². The van der Waals surface area contributed by atoms with Crippen LogP contribution in [-0.2, 0) is 4.74 Å². The van der Waals surface area contributed by atoms with Crippen molar-refractivity contribution in [3.63, 3.8) is 0 Å². The average molecular weight is 399 g/mol. The number of nitro benzene ring substituents is 1. The van der Waals surface area contributed by atoms with Crippen molar-refractivity contribution in [2.75, 3.05) is 30.9 Å². The van der Waals surface area contributed by atoms with Crippen LogP contribution in [0.25, 0.3) is 0 Å². The van der Waals surface area contributed by atoms with Gasteiger partial charge in [-0.2, -0.15) is 0 Å². The van der Waals surface area contributed by atoms with E-state index in [0.717, 1.165) is 18.2 Å². The largest absolute Gasteiger partial charge is 0.573 e. The highest BCUT2D eigenvalue weighted by Gasteiger charge is 2.31. The lowest BCUT2D eigenvalue weighted by atomic mass is 10.1. The van der Waals surface area contributed by atoms with Crippen molar-refractivity contribution in [3.05, 3.63) is 58.1 Å². The zero-order valence-corrected chi connectivity index (χ0v) is 14.6. The molecule has 0 saturated heterocycles. The Hall–Kier alpha value is -3.34. The van der Waals surface area contributed by atoms with E-state index >= 15 is 0 Å². The summed E-state index contributed by atoms with van der Waals surface area (Å²) in [6.45, 7) is 0.705. The molecule has 2 aromatic carbocycles. The summed E-state index contributed by atoms with van der Waals surface area (Å²) in [4.78, 5) is 22.9. The molecule has 0 aliphatic carbocycles. The fourth-order valence-electron chi connectivity index (χ4n) is 2.21. The first kappa shape index (κ1) is 21.0. The number of nitro groups is 1. The number of rotatable bonds is 8. The molecule has 2 aromatic rings. The number of non-ortho nitro benzene ring substituents is 1. The fraction of sp³-hybridized carbons (Fsp3) is 0.235. The first-order valence-electron chi connectivity index (χ1n) is 7.88. The van der Waals surface area contributed by atoms with Crippen LogP contribution in [0, 0.1) is 10.1 Å². The minimum atomic E-state index is -4.82. The number of amides is 1. The minimum absolute atomic E-state index is 0.000853. The Balaban J connectivity index is 2.19. The van der Waals surface area contributed by atoms with Crippen molar-refractivity contribution in [3.8, 4) is 5.75 Å². The van der Waals surface area contributed by atoms with Crippen molar-refractivity contribution in [1.29, 1.82) is 0 Å². The third kappa shape index (κ3) is 6.13. The van der Waals surface area contributed by atoms with Gasteiger partial charge in [0.05, 0.1) is 17.1 Å². The second-order valence-corrected chi connectivity index (χ2v) is 5.43. The summed E-state index contributed by atoms with van der Waals surface area (Å²) < 4.78 is 45.2. The number of carbonyl (C=O) groups excluding carboxylic acids is 1. The maximum Gasteiger partial charge on any atom is 0.573 e. The molecule has 0 heterocycles. The summed E-state index contributed by atoms with van der Waals surface area (Å²) in [5.41, 5.74) is 0.253. The number of hydrogen-bond acceptors (Lipinski definition) is 6. The fourth-order valence-corrected chi connectivity index (χ4v) is 2.21. The Bertz CT molecular complexity index is 841. The van der Waals surface area contributed by atoms with E-state index in [1.807, 2.05) is 0 Å². The Morgan fingerprint density at radius 1 is 1.18 bits per heavy atom. The molecule has 0 saturated carbocycles. The number of benzene rings is 2. The normalized spacial score (nSPS) is 11.0. The number of anilines is 2. The molecule has 11 heteroatoms. The number of hydrogen-bond donors (Lipinski definition) is 2. The summed E-state index contributed by atoms with van der Waals surface area (Å²) in [6.07, 6.45) is -4.82. The molecule has 28 heavy (non-hydrogen) atoms. The zero-order chi connectivity index (χ0) is 20.7. The number of nitrogens with zero attached hydrogens (tertiary/aromatic N) is 1. The van der Waals surface area contributed by atoms with Crippen LogP contribution in [-0.4, -0.2) is 37.5 Å². The number of methoxy groups -OCH3 is 1. The second-order valence-electron chi connectivity index (χ2n) is 5.43. The van der Waals surface area contributed by atoms with Gasteiger partial charge in [0.2, 0.25) is 0 Å². The average Bonchev–Trinajstić information content (AvgIpc) is 2.62. The summed E-state index contributed by atoms with van der Waals surface area (Å²) in [5.74, 6) is -1.11. The lowest BCUT2D eigenvalue weighted by Gasteiger charge is -2.13. The molecule has 150 valence electrons. The van der Waals surface area contributed by atoms with Crippen molar-refractivity contribution in [2.45, 2.75) is 6.36 Å². The van der Waals surface area contributed by atoms with Gasteiger partial charge in [-0.3, -0.25) is 14.9 Å². The van der Waals surface area contributed by atoms with Crippen molar-refractivity contribution >= 4 is 23.0 Å². The van der Waals surface area contributed by atoms with E-state index < -0.39 is 22.9 Å². The maximum atomic E-state index is 12.5. The second kappa shape index (κ2) is 9.04. The summed E-state index contributed by atoms with van der Waals surface area (Å²) in [6, 6.07) is 8.25. The summed E-state index contributed by atoms with van der Waals surface area (Å²) in [7, 11) is 1.50. The third-order valence-corrected chi connectivity index (χ3v) is 3.43. The van der Waals surface area contributed by atoms with Crippen LogP contribution in [0.5, 0.6) is 5.75 Å². The first-order valence-corrected chi connectivity index (χ1v) is 7.88. The van der Waals surface area contributed by atoms with Crippen molar-refractivity contribution in [2.24, 2.45) is 0 Å². The topological polar surface area (TPSA) is 103 Å². The van der Waals surface area contributed by atoms with Crippen LogP contribution in [0.15, 0.2) is 42.5 Å². The van der Waals surface area contributed by atoms with E-state index in [1.165, 1.54) is 31.4 Å². The molecule has 1 amide bonds. The molecule has 2 N–H and O–H groups in total. The first-order chi connectivity index (χ1) is 13.2. The predicted octanol–water partition coefficient (Wildman–Crippen LogP) is 3.80. The van der Waals surface area contributed by atoms with Gasteiger partial charge in [-0.25, -0.2) is 0 Å². The number of carbonyl (C=O) groups is 1. The van der Waals surface area contributed by atoms with Gasteiger partial charge < -0.3 is 20.1 Å². The van der Waals surface area contributed by atoms with Crippen LogP contribution in [0.1, 0.15) is 10.4 Å². The van der Waals surface area contributed by atoms with Gasteiger partial charge in [-0.1, -0.05) is 0 Å². The molecule has 0 spiro atoms. The summed E-state index contributed by atoms with van der Waals surface area (Å²) in [5, 5.41) is 16.4. The van der Waals surface area contributed by atoms with Crippen molar-refractivity contribution in [1.82, 2.24) is 0 Å². The highest BCUT2D eigenvalue weighted by molar-refractivity contribution is 6.08. The summed E-state index contributed by atoms with van der Waals surface area (Å²) >= 11 is 0. The SMILES string of the molecule is COCCNc1ccc([N+](=O)[O-])cc1C(=O)Nc1ccc(OC(F)(F)F)cc1. The van der Waals surface area contributed by atoms with E-state index in [9.17, 15) is 28.1 Å². The van der Waals surface area contributed by atoms with E-state index in [1.54, 1.807) is 0 Å². The molecule has 8 nitrogen and oxygen atoms in total. The van der Waals surface area contributed by atoms with Gasteiger partial charge >= 0.3 is 6.36 Å². The highest BCUT2D eigenvalue weighted by atomic mass is 19.4. The van der Waals surface area contributed by atoms with Crippen LogP contribution in [0.3, 0.4) is 0 Å². The standard InChI is InChI=1S/C17H16F3N3O5/c1-27-9-8-21-15-7-4-12(23(25)26)10-14(15)16(24)22-11-2-5-13(6-3-11)28-17(18,19)20/h2-7,10,21H,8-9H2,1H3,(H,22,24). The van der Waals surface area contributed by atoms with Crippen LogP contribution in [0.2, 0.25) is 0 Å². The van der Waals surface area contributed by atoms with Crippen LogP contribution in [0.4, 0.5) is 30.2 Å². The smallest absolute Gasteiger partial charge is 0.406 e. The maximum absolute atomic E-state index is 12.5. The van der Waals surface area contributed by atoms with Crippen LogP contribution >= 0.6 is 0 Å². The van der Waals surface area contributed by atoms with Crippen LogP contribution < -0.4 is 15.4 Å². The Kier molecular flexibility index (Phi) is 6.77. The van der Waals surface area contributed by atoms with Crippen molar-refractivity contribution < 1.29 is 32.4 Å². The molecule has 0 unspecified atom stereocenters. The van der Waals surface area contributed by atoms with E-state index in [4.69, 9.17) is 4.74 Å². The lowest BCUT2D eigenvalue weighted by molar-refractivity contribution is -0.384. The Morgan fingerprint density at radius 2 is 1.86 bits per heavy atom. The number of halogens is 3. The monoisotopic (exact) mass is 399 g/mol. The van der Waals surface area contributed by atoms with Gasteiger partial charge in [0.25, 0.3) is 11.6 Å². The predicted molar refractivity (Wildman–Crippen MR) is 94.5 cm³/mol. The molecule has 0 aliphatic heterocycles. The van der Waals surface area contributed by atoms with E-state index in [2.05, 4.69) is 15.4 Å². The van der Waals surface area contributed by atoms with Gasteiger partial charge in [0.15, 0.2) is 0 Å². The van der Waals surface area contributed by atoms with Gasteiger partial charge in [-0.05, 0) is 30.3 Å². The molecule has 0 fully saturated rings. The molecule has 0 aromatic heterocycles. The van der Waals surface area contributed by atoms with Gasteiger partial charge in [0, 0.05) is 37.2 Å². The quantitative estimate of drug-likeness (QED) is 0.398.